The molecule has 3 rings (SSSR count). The Morgan fingerprint density at radius 2 is 2.12 bits per heavy atom. The molecular formula is C19H26N4O3. The lowest BCUT2D eigenvalue weighted by atomic mass is 10.0. The number of amides is 3. The van der Waals surface area contributed by atoms with Gasteiger partial charge in [-0.3, -0.25) is 24.6 Å². The van der Waals surface area contributed by atoms with Gasteiger partial charge >= 0.3 is 0 Å². The summed E-state index contributed by atoms with van der Waals surface area (Å²) in [5.74, 6) is -0.762. The zero-order valence-corrected chi connectivity index (χ0v) is 15.5. The van der Waals surface area contributed by atoms with Gasteiger partial charge in [-0.05, 0) is 44.6 Å². The van der Waals surface area contributed by atoms with Crippen molar-refractivity contribution in [2.45, 2.75) is 44.9 Å². The van der Waals surface area contributed by atoms with Crippen molar-refractivity contribution in [3.05, 3.63) is 34.9 Å². The van der Waals surface area contributed by atoms with Crippen molar-refractivity contribution in [1.29, 1.82) is 0 Å². The minimum Gasteiger partial charge on any atom is -0.322 e. The Morgan fingerprint density at radius 3 is 2.81 bits per heavy atom. The first-order chi connectivity index (χ1) is 12.4. The second-order valence-electron chi connectivity index (χ2n) is 7.17. The van der Waals surface area contributed by atoms with E-state index in [4.69, 9.17) is 0 Å². The maximum Gasteiger partial charge on any atom is 0.255 e. The number of likely N-dealkylation sites (N-methyl/N-ethyl adjacent to an activating group) is 2. The van der Waals surface area contributed by atoms with Gasteiger partial charge < -0.3 is 10.2 Å². The number of rotatable bonds is 6. The molecule has 0 aromatic heterocycles. The third kappa shape index (κ3) is 3.50. The molecule has 7 heteroatoms. The first kappa shape index (κ1) is 18.5. The molecule has 2 N–H and O–H groups in total. The van der Waals surface area contributed by atoms with Gasteiger partial charge in [0.2, 0.25) is 11.8 Å². The van der Waals surface area contributed by atoms with Gasteiger partial charge in [0.15, 0.2) is 0 Å². The molecule has 0 bridgehead atoms. The number of benzene rings is 1. The van der Waals surface area contributed by atoms with Crippen LogP contribution in [-0.4, -0.2) is 60.2 Å². The van der Waals surface area contributed by atoms with E-state index in [1.54, 1.807) is 4.90 Å². The highest BCUT2D eigenvalue weighted by Crippen LogP contribution is 2.30. The van der Waals surface area contributed by atoms with Gasteiger partial charge in [0.25, 0.3) is 5.91 Å². The fraction of sp³-hybridized carbons (Fsp3) is 0.526. The molecule has 1 fully saturated rings. The smallest absolute Gasteiger partial charge is 0.255 e. The highest BCUT2D eigenvalue weighted by Gasteiger charge is 2.39. The minimum atomic E-state index is -0.568. The average molecular weight is 358 g/mol. The van der Waals surface area contributed by atoms with E-state index in [9.17, 15) is 14.4 Å². The Bertz CT molecular complexity index is 733. The van der Waals surface area contributed by atoms with Gasteiger partial charge in [0.05, 0.1) is 0 Å². The number of piperidine rings is 1. The number of fused-ring (bicyclic) bond motifs is 1. The van der Waals surface area contributed by atoms with Crippen molar-refractivity contribution in [2.24, 2.45) is 0 Å². The third-order valence-electron chi connectivity index (χ3n) is 5.35. The fourth-order valence-electron chi connectivity index (χ4n) is 3.67. The highest BCUT2D eigenvalue weighted by molar-refractivity contribution is 6.05. The Kier molecular flexibility index (Phi) is 5.38. The number of nitrogens with one attached hydrogen (secondary N) is 2. The molecule has 2 aliphatic heterocycles. The third-order valence-corrected chi connectivity index (χ3v) is 5.35. The largest absolute Gasteiger partial charge is 0.322 e. The van der Waals surface area contributed by atoms with E-state index in [0.29, 0.717) is 24.6 Å². The van der Waals surface area contributed by atoms with E-state index in [-0.39, 0.29) is 24.1 Å². The predicted molar refractivity (Wildman–Crippen MR) is 97.3 cm³/mol. The maximum atomic E-state index is 12.8. The zero-order chi connectivity index (χ0) is 18.8. The van der Waals surface area contributed by atoms with Crippen molar-refractivity contribution in [2.75, 3.05) is 20.6 Å². The van der Waals surface area contributed by atoms with E-state index in [1.807, 2.05) is 25.2 Å². The summed E-state index contributed by atoms with van der Waals surface area (Å²) in [6.07, 6.45) is 0.659. The molecule has 140 valence electrons. The van der Waals surface area contributed by atoms with Crippen LogP contribution in [0.15, 0.2) is 18.2 Å². The van der Waals surface area contributed by atoms with Crippen LogP contribution in [0.25, 0.3) is 0 Å². The van der Waals surface area contributed by atoms with Crippen LogP contribution >= 0.6 is 0 Å². The molecule has 0 saturated carbocycles. The lowest BCUT2D eigenvalue weighted by molar-refractivity contribution is -0.136. The summed E-state index contributed by atoms with van der Waals surface area (Å²) in [6.45, 7) is 4.20. The molecule has 0 aliphatic carbocycles. The molecule has 1 saturated heterocycles. The summed E-state index contributed by atoms with van der Waals surface area (Å²) in [7, 11) is 4.00. The Balaban J connectivity index is 1.79. The van der Waals surface area contributed by atoms with Crippen molar-refractivity contribution >= 4 is 17.7 Å². The van der Waals surface area contributed by atoms with Crippen molar-refractivity contribution < 1.29 is 14.4 Å². The SMILES string of the molecule is CNCC(C)N(C)Cc1cccc2c1CN(C1CCC(=O)NC1=O)C2=O. The van der Waals surface area contributed by atoms with Gasteiger partial charge in [-0.15, -0.1) is 0 Å². The molecule has 1 aromatic carbocycles. The molecule has 2 atom stereocenters. The average Bonchev–Trinajstić information content (AvgIpc) is 2.93. The van der Waals surface area contributed by atoms with Crippen LogP contribution in [0.4, 0.5) is 0 Å². The highest BCUT2D eigenvalue weighted by atomic mass is 16.2. The number of nitrogens with zero attached hydrogens (tertiary/aromatic N) is 2. The van der Waals surface area contributed by atoms with Crippen LogP contribution in [0.3, 0.4) is 0 Å². The molecule has 26 heavy (non-hydrogen) atoms. The Labute approximate surface area is 153 Å². The van der Waals surface area contributed by atoms with E-state index in [0.717, 1.165) is 24.2 Å². The fourth-order valence-corrected chi connectivity index (χ4v) is 3.67. The first-order valence-electron chi connectivity index (χ1n) is 9.02. The molecule has 1 aromatic rings. The zero-order valence-electron chi connectivity index (χ0n) is 15.5. The Morgan fingerprint density at radius 1 is 1.35 bits per heavy atom. The van der Waals surface area contributed by atoms with E-state index >= 15 is 0 Å². The van der Waals surface area contributed by atoms with E-state index in [2.05, 4.69) is 29.5 Å². The van der Waals surface area contributed by atoms with Crippen LogP contribution in [0.2, 0.25) is 0 Å². The lowest BCUT2D eigenvalue weighted by Gasteiger charge is -2.29. The van der Waals surface area contributed by atoms with Gasteiger partial charge in [-0.2, -0.15) is 0 Å². The molecule has 2 aliphatic rings. The lowest BCUT2D eigenvalue weighted by Crippen LogP contribution is -2.52. The minimum absolute atomic E-state index is 0.123. The summed E-state index contributed by atoms with van der Waals surface area (Å²) in [5, 5.41) is 5.52. The van der Waals surface area contributed by atoms with Crippen molar-refractivity contribution in [3.8, 4) is 0 Å². The summed E-state index contributed by atoms with van der Waals surface area (Å²) in [5.41, 5.74) is 2.77. The van der Waals surface area contributed by atoms with Crippen LogP contribution in [0.1, 0.15) is 41.3 Å². The summed E-state index contributed by atoms with van der Waals surface area (Å²) in [6, 6.07) is 5.56. The molecule has 2 heterocycles. The summed E-state index contributed by atoms with van der Waals surface area (Å²) in [4.78, 5) is 40.2. The standard InChI is InChI=1S/C19H26N4O3/c1-12(9-20-2)22(3)10-13-5-4-6-14-15(13)11-23(19(14)26)16-7-8-17(24)21-18(16)25/h4-6,12,16,20H,7-11H2,1-3H3,(H,21,24,25). The summed E-state index contributed by atoms with van der Waals surface area (Å²) < 4.78 is 0. The second-order valence-corrected chi connectivity index (χ2v) is 7.17. The van der Waals surface area contributed by atoms with Gasteiger partial charge in [-0.25, -0.2) is 0 Å². The second kappa shape index (κ2) is 7.55. The molecule has 0 spiro atoms. The number of imide groups is 1. The molecule has 3 amide bonds. The predicted octanol–water partition coefficient (Wildman–Crippen LogP) is 0.487. The van der Waals surface area contributed by atoms with Crippen LogP contribution in [-0.2, 0) is 22.7 Å². The first-order valence-corrected chi connectivity index (χ1v) is 9.02. The normalized spacial score (nSPS) is 21.2. The molecule has 0 radical (unpaired) electrons. The summed E-state index contributed by atoms with van der Waals surface area (Å²) >= 11 is 0. The topological polar surface area (TPSA) is 81.8 Å². The van der Waals surface area contributed by atoms with Gasteiger partial charge in [0.1, 0.15) is 6.04 Å². The van der Waals surface area contributed by atoms with Gasteiger partial charge in [-0.1, -0.05) is 12.1 Å². The van der Waals surface area contributed by atoms with Crippen LogP contribution in [0.5, 0.6) is 0 Å². The monoisotopic (exact) mass is 358 g/mol. The van der Waals surface area contributed by atoms with Crippen LogP contribution < -0.4 is 10.6 Å². The molecular weight excluding hydrogens is 332 g/mol. The van der Waals surface area contributed by atoms with Crippen molar-refractivity contribution in [1.82, 2.24) is 20.4 Å². The van der Waals surface area contributed by atoms with E-state index < -0.39 is 6.04 Å². The number of carbonyl (C=O) groups excluding carboxylic acids is 3. The quantitative estimate of drug-likeness (QED) is 0.723. The molecule has 7 nitrogen and oxygen atoms in total. The van der Waals surface area contributed by atoms with Crippen molar-refractivity contribution in [3.63, 3.8) is 0 Å². The number of carbonyl (C=O) groups is 3. The number of hydrogen-bond donors (Lipinski definition) is 2. The Hall–Kier alpha value is -2.25. The molecule has 2 unspecified atom stereocenters. The van der Waals surface area contributed by atoms with E-state index in [1.165, 1.54) is 0 Å². The van der Waals surface area contributed by atoms with Gasteiger partial charge in [0, 0.05) is 37.7 Å². The maximum absolute atomic E-state index is 12.8. The van der Waals surface area contributed by atoms with Crippen LogP contribution in [0, 0.1) is 0 Å². The number of hydrogen-bond acceptors (Lipinski definition) is 5.